The van der Waals surface area contributed by atoms with Crippen molar-refractivity contribution in [1.29, 1.82) is 0 Å². The van der Waals surface area contributed by atoms with Gasteiger partial charge in [-0.2, -0.15) is 0 Å². The normalized spacial score (nSPS) is 12.3. The summed E-state index contributed by atoms with van der Waals surface area (Å²) in [6.07, 6.45) is 0. The molecule has 0 heterocycles. The van der Waals surface area contributed by atoms with Crippen LogP contribution < -0.4 is 10.1 Å². The molecule has 2 nitrogen and oxygen atoms in total. The van der Waals surface area contributed by atoms with E-state index in [2.05, 4.69) is 21.2 Å². The molecule has 0 spiro atoms. The lowest BCUT2D eigenvalue weighted by atomic mass is 10.1. The Balaban J connectivity index is 2.42. The molecule has 0 saturated carbocycles. The number of hydrogen-bond acceptors (Lipinski definition) is 2. The van der Waals surface area contributed by atoms with Gasteiger partial charge in [0.25, 0.3) is 0 Å². The van der Waals surface area contributed by atoms with Gasteiger partial charge in [0.1, 0.15) is 17.3 Å². The maximum Gasteiger partial charge on any atom is 0.135 e. The fourth-order valence-electron chi connectivity index (χ4n) is 2.26. The first-order valence-electron chi connectivity index (χ1n) is 6.84. The number of hydrogen-bond donors (Lipinski definition) is 1. The molecule has 0 amide bonds. The summed E-state index contributed by atoms with van der Waals surface area (Å²) in [5.74, 6) is 0.987. The molecule has 0 aliphatic heterocycles. The summed E-state index contributed by atoms with van der Waals surface area (Å²) >= 11 is 3.53. The number of ether oxygens (including phenoxy) is 1. The second-order valence-electron chi connectivity index (χ2n) is 5.14. The highest BCUT2D eigenvalue weighted by Gasteiger charge is 2.16. The molecule has 1 atom stereocenters. The van der Waals surface area contributed by atoms with Crippen molar-refractivity contribution in [2.24, 2.45) is 0 Å². The Kier molecular flexibility index (Phi) is 5.01. The molecule has 21 heavy (non-hydrogen) atoms. The number of nitrogens with one attached hydrogen (secondary N) is 1. The molecule has 1 N–H and O–H groups in total. The summed E-state index contributed by atoms with van der Waals surface area (Å²) in [7, 11) is 1.80. The van der Waals surface area contributed by atoms with Crippen molar-refractivity contribution in [3.05, 3.63) is 57.3 Å². The molecular formula is C17H19BrFNO. The number of benzene rings is 2. The SMILES string of the molecule is CNC(C)c1c(F)cccc1Oc1cc(C)c(Br)c(C)c1. The highest BCUT2D eigenvalue weighted by molar-refractivity contribution is 9.10. The maximum atomic E-state index is 14.1. The predicted molar refractivity (Wildman–Crippen MR) is 87.6 cm³/mol. The largest absolute Gasteiger partial charge is 0.457 e. The molecule has 112 valence electrons. The molecular weight excluding hydrogens is 333 g/mol. The topological polar surface area (TPSA) is 21.3 Å². The summed E-state index contributed by atoms with van der Waals surface area (Å²) in [4.78, 5) is 0. The van der Waals surface area contributed by atoms with Crippen LogP contribution in [0.2, 0.25) is 0 Å². The molecule has 0 fully saturated rings. The lowest BCUT2D eigenvalue weighted by Crippen LogP contribution is -2.15. The molecule has 4 heteroatoms. The first-order valence-corrected chi connectivity index (χ1v) is 7.63. The summed E-state index contributed by atoms with van der Waals surface area (Å²) in [6, 6.07) is 8.66. The zero-order chi connectivity index (χ0) is 15.6. The van der Waals surface area contributed by atoms with Crippen molar-refractivity contribution < 1.29 is 9.13 Å². The van der Waals surface area contributed by atoms with Gasteiger partial charge >= 0.3 is 0 Å². The lowest BCUT2D eigenvalue weighted by molar-refractivity contribution is 0.452. The Hall–Kier alpha value is -1.39. The van der Waals surface area contributed by atoms with Gasteiger partial charge in [-0.15, -0.1) is 0 Å². The van der Waals surface area contributed by atoms with Gasteiger partial charge in [-0.25, -0.2) is 4.39 Å². The van der Waals surface area contributed by atoms with E-state index < -0.39 is 0 Å². The van der Waals surface area contributed by atoms with Crippen LogP contribution in [0.5, 0.6) is 11.5 Å². The van der Waals surface area contributed by atoms with Crippen molar-refractivity contribution in [2.45, 2.75) is 26.8 Å². The third-order valence-electron chi connectivity index (χ3n) is 3.52. The van der Waals surface area contributed by atoms with Crippen LogP contribution in [0.4, 0.5) is 4.39 Å². The summed E-state index contributed by atoms with van der Waals surface area (Å²) in [5, 5.41) is 3.05. The summed E-state index contributed by atoms with van der Waals surface area (Å²) < 4.78 is 21.1. The highest BCUT2D eigenvalue weighted by atomic mass is 79.9. The Morgan fingerprint density at radius 1 is 1.19 bits per heavy atom. The quantitative estimate of drug-likeness (QED) is 0.809. The Morgan fingerprint density at radius 3 is 2.38 bits per heavy atom. The van der Waals surface area contributed by atoms with Crippen molar-refractivity contribution in [1.82, 2.24) is 5.32 Å². The van der Waals surface area contributed by atoms with Gasteiger partial charge in [0.05, 0.1) is 0 Å². The van der Waals surface area contributed by atoms with E-state index >= 15 is 0 Å². The van der Waals surface area contributed by atoms with Crippen molar-refractivity contribution in [3.8, 4) is 11.5 Å². The van der Waals surface area contributed by atoms with E-state index in [1.165, 1.54) is 6.07 Å². The van der Waals surface area contributed by atoms with Gasteiger partial charge in [-0.1, -0.05) is 22.0 Å². The molecule has 0 saturated heterocycles. The highest BCUT2D eigenvalue weighted by Crippen LogP contribution is 2.34. The third-order valence-corrected chi connectivity index (χ3v) is 4.77. The van der Waals surface area contributed by atoms with Crippen molar-refractivity contribution in [3.63, 3.8) is 0 Å². The number of rotatable bonds is 4. The van der Waals surface area contributed by atoms with Crippen LogP contribution in [0.15, 0.2) is 34.8 Å². The standard InChI is InChI=1S/C17H19BrFNO/c1-10-8-13(9-11(2)17(10)18)21-15-7-5-6-14(19)16(15)12(3)20-4/h5-9,12,20H,1-4H3. The lowest BCUT2D eigenvalue weighted by Gasteiger charge is -2.18. The Morgan fingerprint density at radius 2 is 1.81 bits per heavy atom. The third kappa shape index (κ3) is 3.44. The number of aryl methyl sites for hydroxylation is 2. The molecule has 0 radical (unpaired) electrons. The van der Waals surface area contributed by atoms with Crippen LogP contribution in [-0.2, 0) is 0 Å². The fraction of sp³-hybridized carbons (Fsp3) is 0.294. The molecule has 2 aromatic carbocycles. The first-order chi connectivity index (χ1) is 9.93. The molecule has 0 aliphatic rings. The minimum absolute atomic E-state index is 0.126. The molecule has 0 aromatic heterocycles. The van der Waals surface area contributed by atoms with Gasteiger partial charge < -0.3 is 10.1 Å². The predicted octanol–water partition coefficient (Wildman–Crippen LogP) is 5.28. The van der Waals surface area contributed by atoms with Crippen LogP contribution >= 0.6 is 15.9 Å². The number of halogens is 2. The molecule has 0 aliphatic carbocycles. The van der Waals surface area contributed by atoms with E-state index in [0.717, 1.165) is 15.6 Å². The fourth-order valence-corrected chi connectivity index (χ4v) is 2.49. The minimum Gasteiger partial charge on any atom is -0.457 e. The van der Waals surface area contributed by atoms with Gasteiger partial charge in [-0.3, -0.25) is 0 Å². The van der Waals surface area contributed by atoms with Crippen LogP contribution in [0.25, 0.3) is 0 Å². The minimum atomic E-state index is -0.264. The Labute approximate surface area is 133 Å². The maximum absolute atomic E-state index is 14.1. The van der Waals surface area contributed by atoms with E-state index in [-0.39, 0.29) is 11.9 Å². The smallest absolute Gasteiger partial charge is 0.135 e. The van der Waals surface area contributed by atoms with E-state index in [1.54, 1.807) is 19.2 Å². The molecule has 1 unspecified atom stereocenters. The summed E-state index contributed by atoms with van der Waals surface area (Å²) in [5.41, 5.74) is 2.72. The van der Waals surface area contributed by atoms with Gasteiger partial charge in [0.2, 0.25) is 0 Å². The van der Waals surface area contributed by atoms with Crippen molar-refractivity contribution >= 4 is 15.9 Å². The van der Waals surface area contributed by atoms with E-state index in [4.69, 9.17) is 4.74 Å². The second-order valence-corrected chi connectivity index (χ2v) is 5.93. The van der Waals surface area contributed by atoms with Gasteiger partial charge in [-0.05, 0) is 63.2 Å². The zero-order valence-electron chi connectivity index (χ0n) is 12.6. The average Bonchev–Trinajstić information content (AvgIpc) is 2.44. The average molecular weight is 352 g/mol. The van der Waals surface area contributed by atoms with Crippen LogP contribution in [0, 0.1) is 19.7 Å². The van der Waals surface area contributed by atoms with Crippen LogP contribution in [0.1, 0.15) is 29.7 Å². The molecule has 0 bridgehead atoms. The summed E-state index contributed by atoms with van der Waals surface area (Å²) in [6.45, 7) is 5.92. The molecule has 2 aromatic rings. The van der Waals surface area contributed by atoms with E-state index in [1.807, 2.05) is 32.9 Å². The first kappa shape index (κ1) is 16.0. The van der Waals surface area contributed by atoms with Crippen LogP contribution in [-0.4, -0.2) is 7.05 Å². The Bertz CT molecular complexity index is 634. The van der Waals surface area contributed by atoms with Gasteiger partial charge in [0.15, 0.2) is 0 Å². The van der Waals surface area contributed by atoms with E-state index in [0.29, 0.717) is 17.1 Å². The van der Waals surface area contributed by atoms with Crippen molar-refractivity contribution in [2.75, 3.05) is 7.05 Å². The van der Waals surface area contributed by atoms with Gasteiger partial charge in [0, 0.05) is 16.1 Å². The van der Waals surface area contributed by atoms with E-state index in [9.17, 15) is 4.39 Å². The molecule has 2 rings (SSSR count). The zero-order valence-corrected chi connectivity index (χ0v) is 14.2. The second kappa shape index (κ2) is 6.58. The monoisotopic (exact) mass is 351 g/mol. The van der Waals surface area contributed by atoms with Crippen LogP contribution in [0.3, 0.4) is 0 Å².